The fraction of sp³-hybridized carbons (Fsp3) is 0.158. The number of benzene rings is 2. The zero-order valence-electron chi connectivity index (χ0n) is 14.9. The van der Waals surface area contributed by atoms with Crippen LogP contribution in [0.25, 0.3) is 10.8 Å². The average Bonchev–Trinajstić information content (AvgIpc) is 2.69. The highest BCUT2D eigenvalue weighted by atomic mass is 16.5. The Bertz CT molecular complexity index is 1060. The van der Waals surface area contributed by atoms with E-state index in [1.54, 1.807) is 49.6 Å². The Hall–Kier alpha value is -3.68. The van der Waals surface area contributed by atoms with Crippen molar-refractivity contribution in [3.8, 4) is 11.5 Å². The lowest BCUT2D eigenvalue weighted by atomic mass is 10.1. The monoisotopic (exact) mass is 366 g/mol. The quantitative estimate of drug-likeness (QED) is 0.513. The number of hydrazone groups is 1. The number of hydrogen-bond donors (Lipinski definition) is 2. The number of H-pyrrole nitrogens is 1. The summed E-state index contributed by atoms with van der Waals surface area (Å²) in [6, 6.07) is 12.0. The summed E-state index contributed by atoms with van der Waals surface area (Å²) in [5.74, 6) is 0.669. The molecule has 1 heterocycles. The largest absolute Gasteiger partial charge is 0.493 e. The topological polar surface area (TPSA) is 106 Å². The van der Waals surface area contributed by atoms with Crippen molar-refractivity contribution < 1.29 is 14.3 Å². The molecule has 0 aliphatic rings. The predicted molar refractivity (Wildman–Crippen MR) is 102 cm³/mol. The van der Waals surface area contributed by atoms with Crippen molar-refractivity contribution in [2.75, 3.05) is 13.7 Å². The maximum absolute atomic E-state index is 12.4. The molecule has 0 saturated heterocycles. The third-order valence-electron chi connectivity index (χ3n) is 3.78. The van der Waals surface area contributed by atoms with Crippen LogP contribution in [0.1, 0.15) is 23.0 Å². The minimum Gasteiger partial charge on any atom is -0.493 e. The Labute approximate surface area is 154 Å². The second kappa shape index (κ2) is 8.13. The Balaban J connectivity index is 1.78. The van der Waals surface area contributed by atoms with Crippen LogP contribution >= 0.6 is 0 Å². The van der Waals surface area contributed by atoms with E-state index in [-0.39, 0.29) is 11.3 Å². The van der Waals surface area contributed by atoms with Gasteiger partial charge in [-0.05, 0) is 36.8 Å². The molecule has 1 amide bonds. The molecule has 0 bridgehead atoms. The summed E-state index contributed by atoms with van der Waals surface area (Å²) in [6.45, 7) is 2.42. The van der Waals surface area contributed by atoms with Gasteiger partial charge in [-0.2, -0.15) is 10.2 Å². The van der Waals surface area contributed by atoms with Crippen molar-refractivity contribution in [1.82, 2.24) is 15.6 Å². The van der Waals surface area contributed by atoms with Gasteiger partial charge >= 0.3 is 0 Å². The number of fused-ring (bicyclic) bond motifs is 1. The number of carbonyl (C=O) groups is 1. The van der Waals surface area contributed by atoms with E-state index >= 15 is 0 Å². The van der Waals surface area contributed by atoms with E-state index in [4.69, 9.17) is 9.47 Å². The van der Waals surface area contributed by atoms with Crippen LogP contribution < -0.4 is 20.5 Å². The molecule has 0 fully saturated rings. The summed E-state index contributed by atoms with van der Waals surface area (Å²) in [6.07, 6.45) is 1.48. The van der Waals surface area contributed by atoms with Crippen LogP contribution in [0.5, 0.6) is 11.5 Å². The van der Waals surface area contributed by atoms with Crippen LogP contribution in [-0.2, 0) is 0 Å². The smallest absolute Gasteiger partial charge is 0.292 e. The van der Waals surface area contributed by atoms with Crippen molar-refractivity contribution in [1.29, 1.82) is 0 Å². The predicted octanol–water partition coefficient (Wildman–Crippen LogP) is 2.09. The number of aromatic amines is 1. The Morgan fingerprint density at radius 2 is 2.00 bits per heavy atom. The van der Waals surface area contributed by atoms with Crippen LogP contribution in [0.4, 0.5) is 0 Å². The minimum atomic E-state index is -0.531. The van der Waals surface area contributed by atoms with Crippen LogP contribution in [0.15, 0.2) is 52.4 Å². The highest BCUT2D eigenvalue weighted by Gasteiger charge is 2.13. The van der Waals surface area contributed by atoms with Gasteiger partial charge in [0.2, 0.25) is 0 Å². The lowest BCUT2D eigenvalue weighted by Crippen LogP contribution is -2.22. The molecule has 0 radical (unpaired) electrons. The van der Waals surface area contributed by atoms with Crippen molar-refractivity contribution in [3.05, 3.63) is 64.1 Å². The molecule has 0 atom stereocenters. The number of amides is 1. The number of carbonyl (C=O) groups excluding carboxylic acids is 1. The molecule has 3 aromatic rings. The van der Waals surface area contributed by atoms with Gasteiger partial charge in [0.1, 0.15) is 0 Å². The van der Waals surface area contributed by atoms with E-state index in [0.717, 1.165) is 5.56 Å². The van der Waals surface area contributed by atoms with E-state index in [1.807, 2.05) is 6.92 Å². The van der Waals surface area contributed by atoms with Gasteiger partial charge in [-0.15, -0.1) is 0 Å². The van der Waals surface area contributed by atoms with E-state index in [0.29, 0.717) is 28.9 Å². The standard InChI is InChI=1S/C19H18N4O4/c1-3-27-15-9-8-12(10-16(15)26-2)11-20-22-19(25)17-13-6-4-5-7-14(13)18(24)23-21-17/h4-11H,3H2,1-2H3,(H,22,25)(H,23,24)/b20-11-. The Morgan fingerprint density at radius 1 is 1.22 bits per heavy atom. The summed E-state index contributed by atoms with van der Waals surface area (Å²) in [5.41, 5.74) is 2.86. The van der Waals surface area contributed by atoms with Gasteiger partial charge in [0.15, 0.2) is 17.2 Å². The minimum absolute atomic E-state index is 0.0895. The summed E-state index contributed by atoms with van der Waals surface area (Å²) >= 11 is 0. The third kappa shape index (κ3) is 3.95. The van der Waals surface area contributed by atoms with Crippen molar-refractivity contribution in [2.24, 2.45) is 5.10 Å². The Morgan fingerprint density at radius 3 is 2.74 bits per heavy atom. The van der Waals surface area contributed by atoms with E-state index in [1.165, 1.54) is 6.21 Å². The number of aromatic nitrogens is 2. The molecule has 0 unspecified atom stereocenters. The number of nitrogens with zero attached hydrogens (tertiary/aromatic N) is 2. The Kier molecular flexibility index (Phi) is 5.46. The van der Waals surface area contributed by atoms with Gasteiger partial charge in [-0.25, -0.2) is 10.5 Å². The number of hydrogen-bond acceptors (Lipinski definition) is 6. The summed E-state index contributed by atoms with van der Waals surface area (Å²) in [7, 11) is 1.55. The first-order valence-corrected chi connectivity index (χ1v) is 8.25. The fourth-order valence-electron chi connectivity index (χ4n) is 2.55. The molecule has 3 rings (SSSR count). The molecule has 0 saturated carbocycles. The van der Waals surface area contributed by atoms with Gasteiger partial charge in [-0.3, -0.25) is 9.59 Å². The zero-order valence-corrected chi connectivity index (χ0v) is 14.9. The molecule has 2 aromatic carbocycles. The first kappa shape index (κ1) is 18.1. The van der Waals surface area contributed by atoms with Gasteiger partial charge in [-0.1, -0.05) is 18.2 Å². The highest BCUT2D eigenvalue weighted by Crippen LogP contribution is 2.27. The SMILES string of the molecule is CCOc1ccc(/C=N\NC(=O)c2n[nH]c(=O)c3ccccc23)cc1OC. The first-order chi connectivity index (χ1) is 13.1. The molecule has 138 valence electrons. The van der Waals surface area contributed by atoms with Crippen LogP contribution in [0.3, 0.4) is 0 Å². The van der Waals surface area contributed by atoms with Crippen molar-refractivity contribution in [2.45, 2.75) is 6.92 Å². The van der Waals surface area contributed by atoms with Crippen molar-refractivity contribution in [3.63, 3.8) is 0 Å². The van der Waals surface area contributed by atoms with E-state index in [2.05, 4.69) is 20.7 Å². The molecular formula is C19H18N4O4. The van der Waals surface area contributed by atoms with Crippen LogP contribution in [-0.4, -0.2) is 36.0 Å². The maximum atomic E-state index is 12.4. The number of rotatable bonds is 6. The summed E-state index contributed by atoms with van der Waals surface area (Å²) < 4.78 is 10.7. The van der Waals surface area contributed by atoms with Crippen LogP contribution in [0.2, 0.25) is 0 Å². The van der Waals surface area contributed by atoms with E-state index < -0.39 is 5.91 Å². The van der Waals surface area contributed by atoms with Gasteiger partial charge in [0, 0.05) is 5.39 Å². The normalized spacial score (nSPS) is 10.9. The average molecular weight is 366 g/mol. The molecule has 0 aliphatic carbocycles. The second-order valence-corrected chi connectivity index (χ2v) is 5.49. The molecule has 27 heavy (non-hydrogen) atoms. The highest BCUT2D eigenvalue weighted by molar-refractivity contribution is 6.04. The van der Waals surface area contributed by atoms with Gasteiger partial charge in [0.05, 0.1) is 25.3 Å². The van der Waals surface area contributed by atoms with Crippen molar-refractivity contribution >= 4 is 22.9 Å². The first-order valence-electron chi connectivity index (χ1n) is 8.25. The lowest BCUT2D eigenvalue weighted by Gasteiger charge is -2.09. The molecular weight excluding hydrogens is 348 g/mol. The molecule has 8 heteroatoms. The van der Waals surface area contributed by atoms with E-state index in [9.17, 15) is 9.59 Å². The number of nitrogens with one attached hydrogen (secondary N) is 2. The van der Waals surface area contributed by atoms with Crippen LogP contribution in [0, 0.1) is 0 Å². The molecule has 0 spiro atoms. The summed E-state index contributed by atoms with van der Waals surface area (Å²) in [4.78, 5) is 24.2. The fourth-order valence-corrected chi connectivity index (χ4v) is 2.55. The molecule has 8 nitrogen and oxygen atoms in total. The number of ether oxygens (including phenoxy) is 2. The molecule has 1 aromatic heterocycles. The zero-order chi connectivity index (χ0) is 19.2. The lowest BCUT2D eigenvalue weighted by molar-refractivity contribution is 0.0951. The molecule has 0 aliphatic heterocycles. The second-order valence-electron chi connectivity index (χ2n) is 5.49. The summed E-state index contributed by atoms with van der Waals surface area (Å²) in [5, 5.41) is 10.9. The third-order valence-corrected chi connectivity index (χ3v) is 3.78. The van der Waals surface area contributed by atoms with Gasteiger partial charge in [0.25, 0.3) is 11.5 Å². The maximum Gasteiger partial charge on any atom is 0.292 e. The van der Waals surface area contributed by atoms with Gasteiger partial charge < -0.3 is 9.47 Å². The number of methoxy groups -OCH3 is 1. The molecule has 2 N–H and O–H groups in total.